The maximum Gasteiger partial charge on any atom is 0.251 e. The highest BCUT2D eigenvalue weighted by Crippen LogP contribution is 2.30. The molecule has 1 saturated carbocycles. The largest absolute Gasteiger partial charge is 0.384 e. The van der Waals surface area contributed by atoms with Gasteiger partial charge in [-0.1, -0.05) is 0 Å². The normalized spacial score (nSPS) is 23.0. The van der Waals surface area contributed by atoms with Gasteiger partial charge in [0.05, 0.1) is 0 Å². The van der Waals surface area contributed by atoms with Crippen LogP contribution >= 0.6 is 24.8 Å². The Morgan fingerprint density at radius 1 is 1.23 bits per heavy atom. The molecule has 1 saturated heterocycles. The summed E-state index contributed by atoms with van der Waals surface area (Å²) < 4.78 is 0. The lowest BCUT2D eigenvalue weighted by atomic mass is 10.1. The Bertz CT molecular complexity index is 548. The minimum absolute atomic E-state index is 0. The summed E-state index contributed by atoms with van der Waals surface area (Å²) in [5.41, 5.74) is 3.25. The van der Waals surface area contributed by atoms with Gasteiger partial charge in [-0.05, 0) is 49.4 Å². The third-order valence-corrected chi connectivity index (χ3v) is 4.70. The van der Waals surface area contributed by atoms with Crippen LogP contribution in [0.25, 0.3) is 0 Å². The van der Waals surface area contributed by atoms with Crippen molar-refractivity contribution in [2.75, 3.05) is 25.0 Å². The predicted molar refractivity (Wildman–Crippen MR) is 93.6 cm³/mol. The van der Waals surface area contributed by atoms with Crippen LogP contribution in [0.4, 0.5) is 5.69 Å². The van der Waals surface area contributed by atoms with Gasteiger partial charge in [0.25, 0.3) is 5.91 Å². The molecular formula is C16H23Cl2N3O. The molecule has 1 unspecified atom stereocenters. The molecule has 22 heavy (non-hydrogen) atoms. The number of likely N-dealkylation sites (tertiary alicyclic amines) is 1. The molecule has 1 atom stereocenters. The van der Waals surface area contributed by atoms with E-state index in [1.807, 2.05) is 18.2 Å². The number of nitrogens with zero attached hydrogens (tertiary/aromatic N) is 1. The van der Waals surface area contributed by atoms with E-state index in [0.29, 0.717) is 6.04 Å². The van der Waals surface area contributed by atoms with Crippen molar-refractivity contribution in [3.8, 4) is 0 Å². The van der Waals surface area contributed by atoms with E-state index in [-0.39, 0.29) is 30.7 Å². The lowest BCUT2D eigenvalue weighted by Crippen LogP contribution is -2.37. The van der Waals surface area contributed by atoms with Crippen LogP contribution in [-0.4, -0.2) is 42.5 Å². The zero-order valence-corrected chi connectivity index (χ0v) is 14.1. The van der Waals surface area contributed by atoms with Gasteiger partial charge in [-0.15, -0.1) is 24.8 Å². The van der Waals surface area contributed by atoms with Crippen LogP contribution in [0.3, 0.4) is 0 Å². The smallest absolute Gasteiger partial charge is 0.251 e. The zero-order valence-electron chi connectivity index (χ0n) is 12.5. The van der Waals surface area contributed by atoms with Crippen molar-refractivity contribution < 1.29 is 4.79 Å². The lowest BCUT2D eigenvalue weighted by Gasteiger charge is -2.16. The molecule has 1 amide bonds. The summed E-state index contributed by atoms with van der Waals surface area (Å²) in [7, 11) is 0. The number of hydrogen-bond acceptors (Lipinski definition) is 3. The van der Waals surface area contributed by atoms with Gasteiger partial charge in [-0.2, -0.15) is 0 Å². The SMILES string of the molecule is Cl.Cl.O=C(NC1CCN(C2CC2)C1)c1ccc2c(c1)CCN2. The highest BCUT2D eigenvalue weighted by Gasteiger charge is 2.34. The Kier molecular flexibility index (Phi) is 5.59. The maximum atomic E-state index is 12.3. The second kappa shape index (κ2) is 7.07. The number of benzene rings is 1. The Hall–Kier alpha value is -0.970. The number of hydrogen-bond donors (Lipinski definition) is 2. The number of anilines is 1. The van der Waals surface area contributed by atoms with Crippen molar-refractivity contribution in [3.63, 3.8) is 0 Å². The predicted octanol–water partition coefficient (Wildman–Crippen LogP) is 2.46. The maximum absolute atomic E-state index is 12.3. The molecular weight excluding hydrogens is 321 g/mol. The molecule has 2 N–H and O–H groups in total. The van der Waals surface area contributed by atoms with Crippen LogP contribution in [0.2, 0.25) is 0 Å². The molecule has 4 nitrogen and oxygen atoms in total. The first kappa shape index (κ1) is 17.4. The minimum Gasteiger partial charge on any atom is -0.384 e. The number of carbonyl (C=O) groups excluding carboxylic acids is 1. The van der Waals surface area contributed by atoms with E-state index in [1.165, 1.54) is 24.1 Å². The van der Waals surface area contributed by atoms with Gasteiger partial charge in [0, 0.05) is 43.0 Å². The third-order valence-electron chi connectivity index (χ3n) is 4.70. The first-order chi connectivity index (χ1) is 9.79. The number of halogens is 2. The Balaban J connectivity index is 0.000000882. The van der Waals surface area contributed by atoms with Gasteiger partial charge in [0.2, 0.25) is 0 Å². The topological polar surface area (TPSA) is 44.4 Å². The van der Waals surface area contributed by atoms with E-state index in [4.69, 9.17) is 0 Å². The monoisotopic (exact) mass is 343 g/mol. The standard InChI is InChI=1S/C16H21N3O.2ClH/c20-16(12-1-4-15-11(9-12)5-7-17-15)18-13-6-8-19(10-13)14-2-3-14;;/h1,4,9,13-14,17H,2-3,5-8,10H2,(H,18,20);2*1H. The Morgan fingerprint density at radius 3 is 2.82 bits per heavy atom. The molecule has 6 heteroatoms. The lowest BCUT2D eigenvalue weighted by molar-refractivity contribution is 0.0937. The van der Waals surface area contributed by atoms with E-state index in [9.17, 15) is 4.79 Å². The first-order valence-corrected chi connectivity index (χ1v) is 7.71. The van der Waals surface area contributed by atoms with Crippen molar-refractivity contribution in [1.82, 2.24) is 10.2 Å². The molecule has 122 valence electrons. The van der Waals surface area contributed by atoms with Gasteiger partial charge < -0.3 is 10.6 Å². The molecule has 1 aliphatic carbocycles. The fourth-order valence-electron chi connectivity index (χ4n) is 3.39. The molecule has 2 fully saturated rings. The zero-order chi connectivity index (χ0) is 13.5. The van der Waals surface area contributed by atoms with E-state index in [0.717, 1.165) is 44.1 Å². The van der Waals surface area contributed by atoms with E-state index in [1.54, 1.807) is 0 Å². The summed E-state index contributed by atoms with van der Waals surface area (Å²) in [4.78, 5) is 14.9. The molecule has 1 aromatic carbocycles. The van der Waals surface area contributed by atoms with Crippen LogP contribution in [-0.2, 0) is 6.42 Å². The summed E-state index contributed by atoms with van der Waals surface area (Å²) in [5, 5.41) is 6.52. The molecule has 0 spiro atoms. The van der Waals surface area contributed by atoms with Crippen LogP contribution in [0.1, 0.15) is 35.2 Å². The molecule has 2 aliphatic heterocycles. The third kappa shape index (κ3) is 3.50. The molecule has 3 aliphatic rings. The van der Waals surface area contributed by atoms with Crippen molar-refractivity contribution in [3.05, 3.63) is 29.3 Å². The highest BCUT2D eigenvalue weighted by atomic mass is 35.5. The Labute approximate surface area is 143 Å². The quantitative estimate of drug-likeness (QED) is 0.885. The summed E-state index contributed by atoms with van der Waals surface area (Å²) in [6.07, 6.45) is 4.81. The van der Waals surface area contributed by atoms with Crippen LogP contribution in [0, 0.1) is 0 Å². The average molecular weight is 344 g/mol. The Morgan fingerprint density at radius 2 is 2.05 bits per heavy atom. The fraction of sp³-hybridized carbons (Fsp3) is 0.562. The first-order valence-electron chi connectivity index (χ1n) is 7.71. The number of amides is 1. The van der Waals surface area contributed by atoms with Crippen LogP contribution in [0.15, 0.2) is 18.2 Å². The average Bonchev–Trinajstić information content (AvgIpc) is 3.02. The summed E-state index contributed by atoms with van der Waals surface area (Å²) >= 11 is 0. The van der Waals surface area contributed by atoms with Gasteiger partial charge in [0.1, 0.15) is 0 Å². The second-order valence-electron chi connectivity index (χ2n) is 6.23. The second-order valence-corrected chi connectivity index (χ2v) is 6.23. The number of fused-ring (bicyclic) bond motifs is 1. The molecule has 0 radical (unpaired) electrons. The highest BCUT2D eigenvalue weighted by molar-refractivity contribution is 5.95. The van der Waals surface area contributed by atoms with Crippen molar-refractivity contribution in [2.24, 2.45) is 0 Å². The van der Waals surface area contributed by atoms with Crippen molar-refractivity contribution >= 4 is 36.4 Å². The van der Waals surface area contributed by atoms with Crippen LogP contribution in [0.5, 0.6) is 0 Å². The fourth-order valence-corrected chi connectivity index (χ4v) is 3.39. The van der Waals surface area contributed by atoms with E-state index < -0.39 is 0 Å². The molecule has 2 heterocycles. The van der Waals surface area contributed by atoms with E-state index >= 15 is 0 Å². The summed E-state index contributed by atoms with van der Waals surface area (Å²) in [6.45, 7) is 3.16. The summed E-state index contributed by atoms with van der Waals surface area (Å²) in [6, 6.07) is 7.14. The summed E-state index contributed by atoms with van der Waals surface area (Å²) in [5.74, 6) is 0.0855. The van der Waals surface area contributed by atoms with Crippen molar-refractivity contribution in [1.29, 1.82) is 0 Å². The molecule has 0 aromatic heterocycles. The van der Waals surface area contributed by atoms with Crippen molar-refractivity contribution in [2.45, 2.75) is 37.8 Å². The van der Waals surface area contributed by atoms with E-state index in [2.05, 4.69) is 15.5 Å². The molecule has 0 bridgehead atoms. The molecule has 4 rings (SSSR count). The number of carbonyl (C=O) groups is 1. The molecule has 1 aromatic rings. The van der Waals surface area contributed by atoms with Gasteiger partial charge >= 0.3 is 0 Å². The number of nitrogens with one attached hydrogen (secondary N) is 2. The van der Waals surface area contributed by atoms with Gasteiger partial charge in [-0.25, -0.2) is 0 Å². The van der Waals surface area contributed by atoms with Gasteiger partial charge in [-0.3, -0.25) is 9.69 Å². The minimum atomic E-state index is 0. The number of rotatable bonds is 3. The van der Waals surface area contributed by atoms with Crippen LogP contribution < -0.4 is 10.6 Å². The van der Waals surface area contributed by atoms with Gasteiger partial charge in [0.15, 0.2) is 0 Å².